The minimum atomic E-state index is -0.123. The zero-order valence-electron chi connectivity index (χ0n) is 22.0. The van der Waals surface area contributed by atoms with E-state index in [0.29, 0.717) is 24.2 Å². The first-order chi connectivity index (χ1) is 18.1. The monoisotopic (exact) mass is 509 g/mol. The van der Waals surface area contributed by atoms with Gasteiger partial charge in [-0.15, -0.1) is 0 Å². The van der Waals surface area contributed by atoms with Gasteiger partial charge in [-0.25, -0.2) is 0 Å². The van der Waals surface area contributed by atoms with Crippen molar-refractivity contribution in [3.8, 4) is 5.75 Å². The number of morpholine rings is 1. The molecule has 2 aliphatic heterocycles. The Morgan fingerprint density at radius 1 is 0.946 bits per heavy atom. The molecular weight excluding hydrogens is 470 g/mol. The van der Waals surface area contributed by atoms with E-state index in [4.69, 9.17) is 9.47 Å². The fourth-order valence-electron chi connectivity index (χ4n) is 4.85. The average molecular weight is 510 g/mol. The molecule has 2 aromatic carbocycles. The van der Waals surface area contributed by atoms with Gasteiger partial charge in [0.1, 0.15) is 5.75 Å². The fourth-order valence-corrected chi connectivity index (χ4v) is 4.85. The summed E-state index contributed by atoms with van der Waals surface area (Å²) >= 11 is 0. The van der Waals surface area contributed by atoms with Crippen molar-refractivity contribution in [3.63, 3.8) is 0 Å². The van der Waals surface area contributed by atoms with Crippen molar-refractivity contribution >= 4 is 28.9 Å². The molecule has 0 atom stereocenters. The molecule has 2 aliphatic rings. The van der Waals surface area contributed by atoms with E-state index in [1.807, 2.05) is 37.3 Å². The lowest BCUT2D eigenvalue weighted by Gasteiger charge is -2.38. The van der Waals surface area contributed by atoms with Crippen LogP contribution in [0.25, 0.3) is 0 Å². The van der Waals surface area contributed by atoms with Crippen LogP contribution in [0.4, 0.5) is 17.1 Å². The van der Waals surface area contributed by atoms with Crippen molar-refractivity contribution in [1.82, 2.24) is 10.2 Å². The Kier molecular flexibility index (Phi) is 9.62. The topological polar surface area (TPSA) is 86.4 Å². The van der Waals surface area contributed by atoms with Gasteiger partial charge < -0.3 is 29.9 Å². The molecule has 0 saturated carbocycles. The van der Waals surface area contributed by atoms with Gasteiger partial charge in [-0.2, -0.15) is 0 Å². The van der Waals surface area contributed by atoms with Crippen molar-refractivity contribution in [1.29, 1.82) is 0 Å². The van der Waals surface area contributed by atoms with Gasteiger partial charge in [-0.05, 0) is 36.8 Å². The summed E-state index contributed by atoms with van der Waals surface area (Å²) in [4.78, 5) is 32.4. The minimum Gasteiger partial charge on any atom is -0.495 e. The van der Waals surface area contributed by atoms with Gasteiger partial charge in [0.25, 0.3) is 5.91 Å². The number of para-hydroxylation sites is 2. The van der Waals surface area contributed by atoms with Crippen molar-refractivity contribution in [2.45, 2.75) is 19.8 Å². The first kappa shape index (κ1) is 26.8. The summed E-state index contributed by atoms with van der Waals surface area (Å²) in [6.45, 7) is 9.73. The summed E-state index contributed by atoms with van der Waals surface area (Å²) in [7, 11) is 1.69. The zero-order valence-corrected chi connectivity index (χ0v) is 22.0. The number of carbonyl (C=O) groups excluding carboxylic acids is 2. The summed E-state index contributed by atoms with van der Waals surface area (Å²) in [5, 5.41) is 6.03. The molecular formula is C28H39N5O4. The zero-order chi connectivity index (χ0) is 26.0. The quantitative estimate of drug-likeness (QED) is 0.509. The number of anilines is 3. The summed E-state index contributed by atoms with van der Waals surface area (Å²) in [6, 6.07) is 13.7. The van der Waals surface area contributed by atoms with Gasteiger partial charge in [-0.1, -0.05) is 19.1 Å². The molecule has 0 unspecified atom stereocenters. The van der Waals surface area contributed by atoms with Crippen LogP contribution < -0.4 is 25.2 Å². The molecule has 2 aromatic rings. The van der Waals surface area contributed by atoms with E-state index < -0.39 is 0 Å². The molecule has 0 spiro atoms. The molecule has 4 rings (SSSR count). The average Bonchev–Trinajstić information content (AvgIpc) is 2.94. The van der Waals surface area contributed by atoms with E-state index in [9.17, 15) is 9.59 Å². The number of hydrogen-bond acceptors (Lipinski definition) is 7. The van der Waals surface area contributed by atoms with Gasteiger partial charge in [0.15, 0.2) is 0 Å². The van der Waals surface area contributed by atoms with Crippen LogP contribution in [0.15, 0.2) is 42.5 Å². The Morgan fingerprint density at radius 2 is 1.65 bits per heavy atom. The van der Waals surface area contributed by atoms with Crippen LogP contribution in [0, 0.1) is 0 Å². The van der Waals surface area contributed by atoms with Crippen LogP contribution in [-0.4, -0.2) is 89.4 Å². The highest BCUT2D eigenvalue weighted by Gasteiger charge is 2.24. The Hall–Kier alpha value is -3.30. The predicted octanol–water partition coefficient (Wildman–Crippen LogP) is 2.82. The molecule has 37 heavy (non-hydrogen) atoms. The highest BCUT2D eigenvalue weighted by atomic mass is 16.5. The summed E-state index contributed by atoms with van der Waals surface area (Å²) in [5.74, 6) is 0.699. The van der Waals surface area contributed by atoms with Crippen molar-refractivity contribution in [2.24, 2.45) is 0 Å². The van der Waals surface area contributed by atoms with Crippen molar-refractivity contribution < 1.29 is 19.1 Å². The minimum absolute atomic E-state index is 0.0423. The van der Waals surface area contributed by atoms with Crippen LogP contribution in [0.3, 0.4) is 0 Å². The largest absolute Gasteiger partial charge is 0.495 e. The lowest BCUT2D eigenvalue weighted by molar-refractivity contribution is -0.116. The van der Waals surface area contributed by atoms with Crippen molar-refractivity contribution in [2.75, 3.05) is 87.8 Å². The van der Waals surface area contributed by atoms with Gasteiger partial charge in [0.2, 0.25) is 5.91 Å². The van der Waals surface area contributed by atoms with E-state index in [1.54, 1.807) is 13.2 Å². The van der Waals surface area contributed by atoms with Gasteiger partial charge in [0.05, 0.1) is 31.6 Å². The lowest BCUT2D eigenvalue weighted by atomic mass is 10.1. The van der Waals surface area contributed by atoms with Gasteiger partial charge >= 0.3 is 0 Å². The van der Waals surface area contributed by atoms with Crippen LogP contribution in [0.1, 0.15) is 30.1 Å². The molecule has 2 fully saturated rings. The Balaban J connectivity index is 1.46. The lowest BCUT2D eigenvalue weighted by Crippen LogP contribution is -2.47. The number of ether oxygens (including phenoxy) is 2. The van der Waals surface area contributed by atoms with E-state index in [1.165, 1.54) is 0 Å². The molecule has 9 nitrogen and oxygen atoms in total. The van der Waals surface area contributed by atoms with Crippen LogP contribution in [-0.2, 0) is 9.53 Å². The predicted molar refractivity (Wildman–Crippen MR) is 147 cm³/mol. The number of piperazine rings is 1. The van der Waals surface area contributed by atoms with Gasteiger partial charge in [0, 0.05) is 70.2 Å². The SMILES string of the molecule is CCCC(=O)Nc1ccc(N2CCN(c3ccccc3OC)CC2)c(C(=O)NCCN2CCOCC2)c1. The highest BCUT2D eigenvalue weighted by Crippen LogP contribution is 2.31. The molecule has 2 heterocycles. The molecule has 2 N–H and O–H groups in total. The second-order valence-corrected chi connectivity index (χ2v) is 9.39. The first-order valence-corrected chi connectivity index (χ1v) is 13.2. The summed E-state index contributed by atoms with van der Waals surface area (Å²) in [6.07, 6.45) is 1.23. The number of methoxy groups -OCH3 is 1. The van der Waals surface area contributed by atoms with E-state index in [0.717, 1.165) is 82.6 Å². The smallest absolute Gasteiger partial charge is 0.253 e. The number of nitrogens with one attached hydrogen (secondary N) is 2. The van der Waals surface area contributed by atoms with Crippen LogP contribution in [0.5, 0.6) is 5.75 Å². The number of amides is 2. The molecule has 2 saturated heterocycles. The Bertz CT molecular complexity index is 1050. The first-order valence-electron chi connectivity index (χ1n) is 13.2. The standard InChI is InChI=1S/C28H39N5O4/c1-3-6-27(34)30-22-9-10-24(23(21-22)28(35)29-11-12-31-17-19-37-20-18-31)32-13-15-33(16-14-32)25-7-4-5-8-26(25)36-2/h4-5,7-10,21H,3,6,11-20H2,1-2H3,(H,29,35)(H,30,34). The number of benzene rings is 2. The maximum Gasteiger partial charge on any atom is 0.253 e. The Morgan fingerprint density at radius 3 is 2.35 bits per heavy atom. The number of carbonyl (C=O) groups is 2. The molecule has 0 bridgehead atoms. The molecule has 0 radical (unpaired) electrons. The third-order valence-electron chi connectivity index (χ3n) is 6.87. The maximum atomic E-state index is 13.4. The maximum absolute atomic E-state index is 13.4. The Labute approximate surface area is 219 Å². The number of rotatable bonds is 10. The summed E-state index contributed by atoms with van der Waals surface area (Å²) in [5.41, 5.74) is 3.20. The normalized spacial score (nSPS) is 16.4. The van der Waals surface area contributed by atoms with Crippen LogP contribution in [0.2, 0.25) is 0 Å². The van der Waals surface area contributed by atoms with Crippen molar-refractivity contribution in [3.05, 3.63) is 48.0 Å². The highest BCUT2D eigenvalue weighted by molar-refractivity contribution is 6.02. The second kappa shape index (κ2) is 13.3. The molecule has 0 aliphatic carbocycles. The van der Waals surface area contributed by atoms with Gasteiger partial charge in [-0.3, -0.25) is 14.5 Å². The van der Waals surface area contributed by atoms with E-state index in [2.05, 4.69) is 31.4 Å². The molecule has 9 heteroatoms. The van der Waals surface area contributed by atoms with E-state index >= 15 is 0 Å². The number of nitrogens with zero attached hydrogens (tertiary/aromatic N) is 3. The molecule has 2 amide bonds. The third kappa shape index (κ3) is 7.14. The summed E-state index contributed by atoms with van der Waals surface area (Å²) < 4.78 is 11.0. The molecule has 200 valence electrons. The number of hydrogen-bond donors (Lipinski definition) is 2. The van der Waals surface area contributed by atoms with E-state index in [-0.39, 0.29) is 11.8 Å². The van der Waals surface area contributed by atoms with Crippen LogP contribution >= 0.6 is 0 Å². The third-order valence-corrected chi connectivity index (χ3v) is 6.87. The fraction of sp³-hybridized carbons (Fsp3) is 0.500. The molecule has 0 aromatic heterocycles. The second-order valence-electron chi connectivity index (χ2n) is 9.39.